The zero-order chi connectivity index (χ0) is 22.9. The lowest BCUT2D eigenvalue weighted by Gasteiger charge is -2.13. The Labute approximate surface area is 198 Å². The number of benzene rings is 2. The third kappa shape index (κ3) is 4.44. The third-order valence-electron chi connectivity index (χ3n) is 6.35. The molecule has 170 valence electrons. The number of fused-ring (bicyclic) bond motifs is 3. The van der Waals surface area contributed by atoms with Gasteiger partial charge in [-0.1, -0.05) is 36.8 Å². The molecule has 0 N–H and O–H groups in total. The van der Waals surface area contributed by atoms with Crippen LogP contribution in [-0.4, -0.2) is 20.5 Å². The Morgan fingerprint density at radius 3 is 2.82 bits per heavy atom. The number of ether oxygens (including phenoxy) is 1. The van der Waals surface area contributed by atoms with Crippen molar-refractivity contribution in [2.75, 3.05) is 0 Å². The zero-order valence-corrected chi connectivity index (χ0v) is 20.3. The van der Waals surface area contributed by atoms with Crippen molar-refractivity contribution < 1.29 is 9.53 Å². The van der Waals surface area contributed by atoms with Gasteiger partial charge in [0.05, 0.1) is 23.1 Å². The van der Waals surface area contributed by atoms with E-state index in [0.717, 1.165) is 51.6 Å². The number of hydrogen-bond acceptors (Lipinski definition) is 5. The molecule has 5 rings (SSSR count). The molecule has 3 heterocycles. The van der Waals surface area contributed by atoms with E-state index < -0.39 is 0 Å². The van der Waals surface area contributed by atoms with Gasteiger partial charge in [0, 0.05) is 23.4 Å². The van der Waals surface area contributed by atoms with Crippen LogP contribution in [0.15, 0.2) is 36.4 Å². The lowest BCUT2D eigenvalue weighted by atomic mass is 10.1. The lowest BCUT2D eigenvalue weighted by molar-refractivity contribution is -0.144. The van der Waals surface area contributed by atoms with Crippen LogP contribution in [0.1, 0.15) is 52.9 Å². The highest BCUT2D eigenvalue weighted by Crippen LogP contribution is 2.32. The van der Waals surface area contributed by atoms with E-state index in [1.165, 1.54) is 35.3 Å². The Morgan fingerprint density at radius 2 is 2.00 bits per heavy atom. The molecule has 1 aliphatic rings. The van der Waals surface area contributed by atoms with Gasteiger partial charge >= 0.3 is 5.97 Å². The molecule has 0 radical (unpaired) electrons. The fourth-order valence-electron chi connectivity index (χ4n) is 4.62. The predicted molar refractivity (Wildman–Crippen MR) is 133 cm³/mol. The van der Waals surface area contributed by atoms with Crippen molar-refractivity contribution in [3.05, 3.63) is 69.5 Å². The second-order valence-corrected chi connectivity index (χ2v) is 9.94. The summed E-state index contributed by atoms with van der Waals surface area (Å²) in [5, 5.41) is 0.973. The molecule has 0 bridgehead atoms. The van der Waals surface area contributed by atoms with Crippen LogP contribution < -0.4 is 0 Å². The van der Waals surface area contributed by atoms with Crippen LogP contribution in [0.2, 0.25) is 0 Å². The first-order valence-corrected chi connectivity index (χ1v) is 12.5. The van der Waals surface area contributed by atoms with E-state index in [4.69, 9.17) is 14.7 Å². The number of aromatic nitrogens is 3. The average molecular weight is 460 g/mol. The fraction of sp³-hybridized carbons (Fsp3) is 0.370. The van der Waals surface area contributed by atoms with Crippen LogP contribution in [0.4, 0.5) is 0 Å². The summed E-state index contributed by atoms with van der Waals surface area (Å²) < 4.78 is 7.96. The molecule has 4 aromatic rings. The quantitative estimate of drug-likeness (QED) is 0.334. The van der Waals surface area contributed by atoms with Crippen molar-refractivity contribution in [3.63, 3.8) is 0 Å². The molecular weight excluding hydrogens is 430 g/mol. The first-order valence-electron chi connectivity index (χ1n) is 11.7. The Morgan fingerprint density at radius 1 is 1.12 bits per heavy atom. The number of hydrogen-bond donors (Lipinski definition) is 0. The number of imidazole rings is 1. The molecule has 1 aliphatic heterocycles. The van der Waals surface area contributed by atoms with Crippen LogP contribution in [0.3, 0.4) is 0 Å². The maximum atomic E-state index is 12.7. The summed E-state index contributed by atoms with van der Waals surface area (Å²) >= 11 is 1.60. The monoisotopic (exact) mass is 459 g/mol. The smallest absolute Gasteiger partial charge is 0.311 e. The van der Waals surface area contributed by atoms with E-state index in [2.05, 4.69) is 55.7 Å². The van der Waals surface area contributed by atoms with Crippen LogP contribution in [0.5, 0.6) is 0 Å². The summed E-state index contributed by atoms with van der Waals surface area (Å²) in [5.74, 6) is 0.951. The maximum absolute atomic E-state index is 12.7. The second kappa shape index (κ2) is 9.10. The Bertz CT molecular complexity index is 1330. The maximum Gasteiger partial charge on any atom is 0.311 e. The fourth-order valence-corrected chi connectivity index (χ4v) is 5.85. The number of esters is 1. The van der Waals surface area contributed by atoms with Crippen LogP contribution in [-0.2, 0) is 41.9 Å². The first kappa shape index (κ1) is 21.8. The van der Waals surface area contributed by atoms with Gasteiger partial charge in [-0.3, -0.25) is 4.79 Å². The van der Waals surface area contributed by atoms with Crippen LogP contribution >= 0.6 is 11.3 Å². The van der Waals surface area contributed by atoms with Crippen molar-refractivity contribution in [2.24, 2.45) is 0 Å². The molecular formula is C27H29N3O2S. The summed E-state index contributed by atoms with van der Waals surface area (Å²) in [6.45, 7) is 7.59. The molecule has 5 nitrogen and oxygen atoms in total. The topological polar surface area (TPSA) is 57.0 Å². The van der Waals surface area contributed by atoms with Gasteiger partial charge in [0.2, 0.25) is 0 Å². The molecule has 33 heavy (non-hydrogen) atoms. The molecule has 2 aromatic heterocycles. The van der Waals surface area contributed by atoms with Crippen molar-refractivity contribution in [1.82, 2.24) is 14.5 Å². The highest BCUT2D eigenvalue weighted by atomic mass is 32.1. The van der Waals surface area contributed by atoms with Crippen molar-refractivity contribution >= 4 is 28.3 Å². The van der Waals surface area contributed by atoms with Crippen molar-refractivity contribution in [1.29, 1.82) is 0 Å². The van der Waals surface area contributed by atoms with Crippen molar-refractivity contribution in [2.45, 2.75) is 66.0 Å². The van der Waals surface area contributed by atoms with Crippen LogP contribution in [0.25, 0.3) is 21.6 Å². The minimum absolute atomic E-state index is 0.218. The molecule has 0 saturated heterocycles. The lowest BCUT2D eigenvalue weighted by Crippen LogP contribution is -2.10. The van der Waals surface area contributed by atoms with E-state index >= 15 is 0 Å². The normalized spacial score (nSPS) is 13.3. The summed E-state index contributed by atoms with van der Waals surface area (Å²) in [6, 6.07) is 12.6. The summed E-state index contributed by atoms with van der Waals surface area (Å²) in [7, 11) is 0. The number of rotatable bonds is 6. The number of carbonyl (C=O) groups is 1. The largest absolute Gasteiger partial charge is 0.461 e. The number of aryl methyl sites for hydroxylation is 5. The minimum atomic E-state index is -0.218. The highest BCUT2D eigenvalue weighted by Gasteiger charge is 2.18. The Kier molecular flexibility index (Phi) is 6.02. The van der Waals surface area contributed by atoms with Gasteiger partial charge in [-0.05, 0) is 56.4 Å². The van der Waals surface area contributed by atoms with Gasteiger partial charge < -0.3 is 9.30 Å². The van der Waals surface area contributed by atoms with E-state index in [9.17, 15) is 4.79 Å². The third-order valence-corrected chi connectivity index (χ3v) is 7.48. The minimum Gasteiger partial charge on any atom is -0.461 e. The average Bonchev–Trinajstić information content (AvgIpc) is 3.38. The van der Waals surface area contributed by atoms with E-state index in [-0.39, 0.29) is 19.0 Å². The van der Waals surface area contributed by atoms with Gasteiger partial charge in [-0.25, -0.2) is 9.97 Å². The number of nitrogens with zero attached hydrogens (tertiary/aromatic N) is 3. The molecule has 0 amide bonds. The van der Waals surface area contributed by atoms with E-state index in [1.54, 1.807) is 11.3 Å². The Hall–Kier alpha value is -2.99. The summed E-state index contributed by atoms with van der Waals surface area (Å²) in [5.41, 5.74) is 7.71. The highest BCUT2D eigenvalue weighted by molar-refractivity contribution is 7.15. The molecule has 2 aromatic carbocycles. The molecule has 0 atom stereocenters. The van der Waals surface area contributed by atoms with Crippen molar-refractivity contribution in [3.8, 4) is 10.6 Å². The Balaban J connectivity index is 1.28. The van der Waals surface area contributed by atoms with Gasteiger partial charge in [0.1, 0.15) is 17.4 Å². The number of carbonyl (C=O) groups excluding carboxylic acids is 1. The van der Waals surface area contributed by atoms with E-state index in [0.29, 0.717) is 0 Å². The SMILES string of the molecule is CCc1nc(-c2ccc(C)cc2C)sc1CC(=O)OCc1ccc2c(c1)nc1n2CCCC1. The molecule has 6 heteroatoms. The van der Waals surface area contributed by atoms with Gasteiger partial charge in [-0.2, -0.15) is 0 Å². The standard InChI is InChI=1S/C27H29N3O2S/c1-4-21-24(33-27(29-21)20-10-8-17(2)13-18(20)3)15-26(31)32-16-19-9-11-23-22(14-19)28-25-7-5-6-12-30(23)25/h8-11,13-14H,4-7,12,15-16H2,1-3H3. The summed E-state index contributed by atoms with van der Waals surface area (Å²) in [4.78, 5) is 23.3. The first-order chi connectivity index (χ1) is 16.0. The predicted octanol–water partition coefficient (Wildman–Crippen LogP) is 5.96. The molecule has 0 aliphatic carbocycles. The van der Waals surface area contributed by atoms with Gasteiger partial charge in [-0.15, -0.1) is 11.3 Å². The zero-order valence-electron chi connectivity index (χ0n) is 19.5. The molecule has 0 unspecified atom stereocenters. The van der Waals surface area contributed by atoms with Gasteiger partial charge in [0.25, 0.3) is 0 Å². The summed E-state index contributed by atoms with van der Waals surface area (Å²) in [6.07, 6.45) is 4.51. The molecule has 0 spiro atoms. The van der Waals surface area contributed by atoms with E-state index in [1.807, 2.05) is 6.07 Å². The van der Waals surface area contributed by atoms with Gasteiger partial charge in [0.15, 0.2) is 0 Å². The van der Waals surface area contributed by atoms with Crippen LogP contribution in [0, 0.1) is 13.8 Å². The number of thiazole rings is 1. The molecule has 0 saturated carbocycles. The second-order valence-electron chi connectivity index (χ2n) is 8.86. The molecule has 0 fully saturated rings.